The maximum atomic E-state index is 3.83. The van der Waals surface area contributed by atoms with Gasteiger partial charge < -0.3 is 0 Å². The van der Waals surface area contributed by atoms with Crippen molar-refractivity contribution in [3.8, 4) is 0 Å². The van der Waals surface area contributed by atoms with E-state index in [-0.39, 0.29) is 7.92 Å². The summed E-state index contributed by atoms with van der Waals surface area (Å²) in [6.07, 6.45) is 2.80. The molecule has 0 aliphatic heterocycles. The minimum Gasteiger partial charge on any atom is -0.0884 e. The van der Waals surface area contributed by atoms with Gasteiger partial charge in [-0.25, -0.2) is 0 Å². The third kappa shape index (κ3) is 1.99. The second-order valence-corrected chi connectivity index (χ2v) is 9.17. The number of hydrogen-bond acceptors (Lipinski definition) is 0. The van der Waals surface area contributed by atoms with Crippen LogP contribution >= 0.6 is 23.9 Å². The Labute approximate surface area is 124 Å². The van der Waals surface area contributed by atoms with E-state index in [4.69, 9.17) is 0 Å². The minimum absolute atomic E-state index is 0.181. The molecule has 2 aromatic carbocycles. The van der Waals surface area contributed by atoms with E-state index in [0.29, 0.717) is 5.41 Å². The SMILES string of the molecule is Br[C@@H]1C[C@]12C[C@@H]2P(c1ccccc1)c1ccccc1. The lowest BCUT2D eigenvalue weighted by molar-refractivity contribution is 0.910. The Kier molecular flexibility index (Phi) is 2.83. The number of halogens is 1. The first kappa shape index (κ1) is 12.1. The molecule has 0 bridgehead atoms. The zero-order valence-corrected chi connectivity index (χ0v) is 13.1. The molecule has 0 amide bonds. The number of benzene rings is 2. The Hall–Kier alpha value is -0.650. The second-order valence-electron chi connectivity index (χ2n) is 5.67. The van der Waals surface area contributed by atoms with Crippen molar-refractivity contribution in [3.63, 3.8) is 0 Å². The standard InChI is InChI=1S/C17H16BrP/c18-15-11-17(15)12-16(17)19(13-7-3-1-4-8-13)14-9-5-2-6-10-14/h1-10,15-16H,11-12H2/t15-,16+,17+/m1/s1. The molecule has 0 aromatic heterocycles. The molecule has 4 rings (SSSR count). The fraction of sp³-hybridized carbons (Fsp3) is 0.294. The first-order valence-electron chi connectivity index (χ1n) is 6.85. The molecule has 19 heavy (non-hydrogen) atoms. The van der Waals surface area contributed by atoms with Gasteiger partial charge in [-0.15, -0.1) is 0 Å². The van der Waals surface area contributed by atoms with Gasteiger partial charge in [-0.1, -0.05) is 76.6 Å². The van der Waals surface area contributed by atoms with Crippen LogP contribution in [-0.2, 0) is 0 Å². The molecule has 3 atom stereocenters. The highest BCUT2D eigenvalue weighted by Crippen LogP contribution is 2.78. The van der Waals surface area contributed by atoms with Gasteiger partial charge in [-0.3, -0.25) is 0 Å². The van der Waals surface area contributed by atoms with E-state index in [1.165, 1.54) is 23.5 Å². The van der Waals surface area contributed by atoms with E-state index in [0.717, 1.165) is 10.5 Å². The van der Waals surface area contributed by atoms with Crippen molar-refractivity contribution in [2.75, 3.05) is 0 Å². The molecule has 2 fully saturated rings. The Morgan fingerprint density at radius 2 is 1.32 bits per heavy atom. The largest absolute Gasteiger partial charge is 0.0884 e. The van der Waals surface area contributed by atoms with Gasteiger partial charge in [0.05, 0.1) is 0 Å². The molecule has 2 aliphatic carbocycles. The molecule has 0 radical (unpaired) electrons. The number of rotatable bonds is 3. The molecule has 2 aliphatic rings. The van der Waals surface area contributed by atoms with Gasteiger partial charge in [-0.2, -0.15) is 0 Å². The molecule has 0 heterocycles. The maximum absolute atomic E-state index is 3.83. The summed E-state index contributed by atoms with van der Waals surface area (Å²) < 4.78 is 0. The van der Waals surface area contributed by atoms with Gasteiger partial charge >= 0.3 is 0 Å². The zero-order chi connectivity index (χ0) is 12.9. The maximum Gasteiger partial charge on any atom is 0.0215 e. The van der Waals surface area contributed by atoms with Crippen molar-refractivity contribution >= 4 is 34.5 Å². The van der Waals surface area contributed by atoms with Gasteiger partial charge in [0.25, 0.3) is 0 Å². The molecule has 0 unspecified atom stereocenters. The highest BCUT2D eigenvalue weighted by molar-refractivity contribution is 9.09. The van der Waals surface area contributed by atoms with Crippen molar-refractivity contribution in [3.05, 3.63) is 60.7 Å². The predicted octanol–water partition coefficient (Wildman–Crippen LogP) is 4.05. The fourth-order valence-electron chi connectivity index (χ4n) is 3.17. The lowest BCUT2D eigenvalue weighted by Gasteiger charge is -2.19. The van der Waals surface area contributed by atoms with Crippen LogP contribution in [0.15, 0.2) is 60.7 Å². The first-order valence-corrected chi connectivity index (χ1v) is 9.17. The average Bonchev–Trinajstić information content (AvgIpc) is 3.32. The molecular formula is C17H16BrP. The number of alkyl halides is 1. The van der Waals surface area contributed by atoms with Crippen LogP contribution < -0.4 is 10.6 Å². The molecule has 2 heteroatoms. The summed E-state index contributed by atoms with van der Waals surface area (Å²) in [5.41, 5.74) is 1.54. The van der Waals surface area contributed by atoms with Gasteiger partial charge in [-0.05, 0) is 42.4 Å². The highest BCUT2D eigenvalue weighted by atomic mass is 79.9. The van der Waals surface area contributed by atoms with Gasteiger partial charge in [0.15, 0.2) is 0 Å². The topological polar surface area (TPSA) is 0 Å². The minimum atomic E-state index is -0.181. The lowest BCUT2D eigenvalue weighted by atomic mass is 10.4. The predicted molar refractivity (Wildman–Crippen MR) is 87.2 cm³/mol. The van der Waals surface area contributed by atoms with Crippen LogP contribution in [0, 0.1) is 5.41 Å². The molecule has 0 saturated heterocycles. The smallest absolute Gasteiger partial charge is 0.0215 e. The van der Waals surface area contributed by atoms with Crippen LogP contribution in [0.25, 0.3) is 0 Å². The molecule has 96 valence electrons. The highest BCUT2D eigenvalue weighted by Gasteiger charge is 2.71. The van der Waals surface area contributed by atoms with Gasteiger partial charge in [0.1, 0.15) is 0 Å². The summed E-state index contributed by atoms with van der Waals surface area (Å²) in [5.74, 6) is 0. The molecule has 1 spiro atoms. The zero-order valence-electron chi connectivity index (χ0n) is 10.7. The second kappa shape index (κ2) is 4.43. The Morgan fingerprint density at radius 3 is 1.68 bits per heavy atom. The van der Waals surface area contributed by atoms with Crippen LogP contribution in [0.2, 0.25) is 0 Å². The summed E-state index contributed by atoms with van der Waals surface area (Å²) in [6.45, 7) is 0. The molecule has 0 nitrogen and oxygen atoms in total. The summed E-state index contributed by atoms with van der Waals surface area (Å²) in [5, 5.41) is 3.08. The quantitative estimate of drug-likeness (QED) is 0.588. The van der Waals surface area contributed by atoms with Crippen molar-refractivity contribution in [1.82, 2.24) is 0 Å². The Balaban J connectivity index is 1.73. The monoisotopic (exact) mass is 330 g/mol. The Bertz CT molecular complexity index is 543. The fourth-order valence-corrected chi connectivity index (χ4v) is 7.81. The van der Waals surface area contributed by atoms with Crippen LogP contribution in [0.3, 0.4) is 0 Å². The van der Waals surface area contributed by atoms with Crippen molar-refractivity contribution in [2.45, 2.75) is 23.3 Å². The lowest BCUT2D eigenvalue weighted by Crippen LogP contribution is -2.15. The van der Waals surface area contributed by atoms with E-state index in [2.05, 4.69) is 76.6 Å². The van der Waals surface area contributed by atoms with Crippen LogP contribution in [0.4, 0.5) is 0 Å². The normalized spacial score (nSPS) is 31.7. The molecule has 2 aromatic rings. The van der Waals surface area contributed by atoms with Crippen LogP contribution in [-0.4, -0.2) is 10.5 Å². The summed E-state index contributed by atoms with van der Waals surface area (Å²) in [7, 11) is -0.181. The van der Waals surface area contributed by atoms with Crippen LogP contribution in [0.1, 0.15) is 12.8 Å². The van der Waals surface area contributed by atoms with Gasteiger partial charge in [0, 0.05) is 4.83 Å². The molecule has 0 N–H and O–H groups in total. The molecule has 2 saturated carbocycles. The average molecular weight is 331 g/mol. The summed E-state index contributed by atoms with van der Waals surface area (Å²) in [6, 6.07) is 22.2. The number of hydrogen-bond donors (Lipinski definition) is 0. The Morgan fingerprint density at radius 1 is 0.842 bits per heavy atom. The van der Waals surface area contributed by atoms with E-state index >= 15 is 0 Å². The summed E-state index contributed by atoms with van der Waals surface area (Å²) in [4.78, 5) is 0.780. The summed E-state index contributed by atoms with van der Waals surface area (Å²) >= 11 is 3.83. The third-order valence-electron chi connectivity index (χ3n) is 4.48. The van der Waals surface area contributed by atoms with Crippen molar-refractivity contribution in [1.29, 1.82) is 0 Å². The van der Waals surface area contributed by atoms with E-state index in [1.807, 2.05) is 0 Å². The molecular weight excluding hydrogens is 315 g/mol. The van der Waals surface area contributed by atoms with E-state index in [9.17, 15) is 0 Å². The van der Waals surface area contributed by atoms with Crippen LogP contribution in [0.5, 0.6) is 0 Å². The first-order chi connectivity index (χ1) is 9.31. The van der Waals surface area contributed by atoms with Gasteiger partial charge in [0.2, 0.25) is 0 Å². The van der Waals surface area contributed by atoms with E-state index < -0.39 is 0 Å². The van der Waals surface area contributed by atoms with Crippen molar-refractivity contribution < 1.29 is 0 Å². The van der Waals surface area contributed by atoms with E-state index in [1.54, 1.807) is 0 Å². The van der Waals surface area contributed by atoms with Crippen molar-refractivity contribution in [2.24, 2.45) is 5.41 Å². The third-order valence-corrected chi connectivity index (χ3v) is 8.74.